The number of carbonyl (C=O) groups is 2. The highest BCUT2D eigenvalue weighted by Gasteiger charge is 2.35. The van der Waals surface area contributed by atoms with Gasteiger partial charge in [-0.1, -0.05) is 48.5 Å². The molecule has 0 atom stereocenters. The van der Waals surface area contributed by atoms with E-state index in [0.717, 1.165) is 32.9 Å². The van der Waals surface area contributed by atoms with Gasteiger partial charge in [-0.25, -0.2) is 0 Å². The molecule has 2 aromatic heterocycles. The summed E-state index contributed by atoms with van der Waals surface area (Å²) in [6.07, 6.45) is 3.82. The summed E-state index contributed by atoms with van der Waals surface area (Å²) < 4.78 is 4.00. The number of aryl methyl sites for hydroxylation is 1. The zero-order valence-electron chi connectivity index (χ0n) is 20.1. The van der Waals surface area contributed by atoms with Crippen LogP contribution in [0.25, 0.3) is 33.0 Å². The fraction of sp³-hybridized carbons (Fsp3) is 0.103. The number of carbonyl (C=O) groups excluding carboxylic acids is 2. The molecule has 0 bridgehead atoms. The van der Waals surface area contributed by atoms with Gasteiger partial charge in [0.2, 0.25) is 0 Å². The van der Waals surface area contributed by atoms with E-state index < -0.39 is 11.8 Å². The van der Waals surface area contributed by atoms with Gasteiger partial charge < -0.3 is 20.0 Å². The standard InChI is InChI=1S/C29H24N4O3.ClH/c1-32-15-21(19-6-2-4-8-23(19)32)26-27(29(36)31-28(26)35)22-16-33(24-9-5-3-7-20(22)24)14-17-10-11-18(13-30)25(34)12-17;/h2-12,15-16,34H,13-14,30H2,1H3,(H,31,35,36);1H. The zero-order valence-corrected chi connectivity index (χ0v) is 20.9. The van der Waals surface area contributed by atoms with E-state index in [9.17, 15) is 14.7 Å². The van der Waals surface area contributed by atoms with Crippen LogP contribution in [0.2, 0.25) is 0 Å². The topological polar surface area (TPSA) is 102 Å². The van der Waals surface area contributed by atoms with Crippen LogP contribution >= 0.6 is 12.4 Å². The van der Waals surface area contributed by atoms with Gasteiger partial charge in [-0.05, 0) is 23.8 Å². The summed E-state index contributed by atoms with van der Waals surface area (Å²) in [5.74, 6) is -0.644. The van der Waals surface area contributed by atoms with E-state index in [1.165, 1.54) is 0 Å². The fourth-order valence-corrected chi connectivity index (χ4v) is 5.16. The molecule has 4 N–H and O–H groups in total. The van der Waals surface area contributed by atoms with Crippen molar-refractivity contribution in [3.05, 3.63) is 101 Å². The van der Waals surface area contributed by atoms with Crippen molar-refractivity contribution in [1.29, 1.82) is 0 Å². The number of amides is 2. The number of nitrogens with one attached hydrogen (secondary N) is 1. The van der Waals surface area contributed by atoms with Gasteiger partial charge in [-0.2, -0.15) is 0 Å². The van der Waals surface area contributed by atoms with Crippen molar-refractivity contribution in [2.24, 2.45) is 12.8 Å². The fourth-order valence-electron chi connectivity index (χ4n) is 5.16. The van der Waals surface area contributed by atoms with Crippen LogP contribution in [-0.4, -0.2) is 26.1 Å². The second-order valence-corrected chi connectivity index (χ2v) is 9.06. The number of phenolic OH excluding ortho intramolecular Hbond substituents is 1. The molecule has 0 saturated heterocycles. The molecule has 37 heavy (non-hydrogen) atoms. The van der Waals surface area contributed by atoms with Gasteiger partial charge in [0.1, 0.15) is 5.75 Å². The molecular formula is C29H25ClN4O3. The summed E-state index contributed by atoms with van der Waals surface area (Å²) in [5, 5.41) is 14.6. The molecule has 1 aliphatic rings. The predicted octanol–water partition coefficient (Wildman–Crippen LogP) is 4.33. The van der Waals surface area contributed by atoms with Crippen LogP contribution in [0.1, 0.15) is 22.3 Å². The SMILES string of the molecule is Cl.Cn1cc(C2=C(c3cn(Cc4ccc(CN)c(O)c4)c4ccccc34)C(=O)NC2=O)c2ccccc21. The Bertz CT molecular complexity index is 1750. The Morgan fingerprint density at radius 2 is 1.43 bits per heavy atom. The lowest BCUT2D eigenvalue weighted by atomic mass is 9.95. The van der Waals surface area contributed by atoms with Gasteiger partial charge in [0.05, 0.1) is 11.1 Å². The molecule has 3 heterocycles. The van der Waals surface area contributed by atoms with E-state index in [1.54, 1.807) is 6.07 Å². The Balaban J connectivity index is 0.00000280. The average Bonchev–Trinajstić information content (AvgIpc) is 3.50. The number of fused-ring (bicyclic) bond motifs is 2. The van der Waals surface area contributed by atoms with Crippen LogP contribution in [-0.2, 0) is 29.7 Å². The number of nitrogens with two attached hydrogens (primary N) is 1. The first-order chi connectivity index (χ1) is 17.5. The third-order valence-corrected chi connectivity index (χ3v) is 6.88. The molecule has 5 aromatic rings. The van der Waals surface area contributed by atoms with Crippen LogP contribution in [0.3, 0.4) is 0 Å². The van der Waals surface area contributed by atoms with E-state index in [4.69, 9.17) is 5.73 Å². The second kappa shape index (κ2) is 9.28. The van der Waals surface area contributed by atoms with Crippen molar-refractivity contribution < 1.29 is 14.7 Å². The van der Waals surface area contributed by atoms with Crippen LogP contribution in [0.5, 0.6) is 5.75 Å². The molecule has 0 spiro atoms. The Morgan fingerprint density at radius 3 is 2.08 bits per heavy atom. The van der Waals surface area contributed by atoms with Gasteiger partial charge in [-0.15, -0.1) is 12.4 Å². The summed E-state index contributed by atoms with van der Waals surface area (Å²) in [6.45, 7) is 0.738. The number of para-hydroxylation sites is 2. The largest absolute Gasteiger partial charge is 0.508 e. The Labute approximate surface area is 219 Å². The maximum atomic E-state index is 13.2. The van der Waals surface area contributed by atoms with Crippen LogP contribution < -0.4 is 11.1 Å². The second-order valence-electron chi connectivity index (χ2n) is 9.06. The first-order valence-corrected chi connectivity index (χ1v) is 11.7. The minimum atomic E-state index is -0.407. The van der Waals surface area contributed by atoms with Gasteiger partial charge in [0.15, 0.2) is 0 Å². The van der Waals surface area contributed by atoms with Crippen LogP contribution in [0, 0.1) is 0 Å². The van der Waals surface area contributed by atoms with E-state index in [-0.39, 0.29) is 24.7 Å². The number of benzene rings is 3. The molecule has 7 nitrogen and oxygen atoms in total. The molecule has 0 unspecified atom stereocenters. The van der Waals surface area contributed by atoms with E-state index in [1.807, 2.05) is 89.2 Å². The smallest absolute Gasteiger partial charge is 0.259 e. The highest BCUT2D eigenvalue weighted by molar-refractivity contribution is 6.50. The molecule has 6 rings (SSSR count). The first-order valence-electron chi connectivity index (χ1n) is 11.7. The highest BCUT2D eigenvalue weighted by Crippen LogP contribution is 2.39. The number of rotatable bonds is 5. The minimum absolute atomic E-state index is 0. The van der Waals surface area contributed by atoms with Crippen molar-refractivity contribution in [3.8, 4) is 5.75 Å². The lowest BCUT2D eigenvalue weighted by molar-refractivity contribution is -0.122. The zero-order chi connectivity index (χ0) is 25.0. The lowest BCUT2D eigenvalue weighted by Crippen LogP contribution is -2.22. The summed E-state index contributed by atoms with van der Waals surface area (Å²) >= 11 is 0. The monoisotopic (exact) mass is 512 g/mol. The van der Waals surface area contributed by atoms with Crippen molar-refractivity contribution in [3.63, 3.8) is 0 Å². The Hall–Kier alpha value is -4.33. The number of aromatic hydroxyl groups is 1. The number of halogens is 1. The normalized spacial score (nSPS) is 13.5. The molecule has 186 valence electrons. The van der Waals surface area contributed by atoms with Crippen molar-refractivity contribution in [2.45, 2.75) is 13.1 Å². The quantitative estimate of drug-likeness (QED) is 0.305. The molecule has 8 heteroatoms. The molecule has 3 aromatic carbocycles. The summed E-state index contributed by atoms with van der Waals surface area (Å²) in [4.78, 5) is 26.3. The Morgan fingerprint density at radius 1 is 0.838 bits per heavy atom. The van der Waals surface area contributed by atoms with Crippen LogP contribution in [0.15, 0.2) is 79.1 Å². The number of hydrogen-bond acceptors (Lipinski definition) is 4. The number of aromatic nitrogens is 2. The maximum Gasteiger partial charge on any atom is 0.259 e. The van der Waals surface area contributed by atoms with Gasteiger partial charge in [0, 0.05) is 71.0 Å². The predicted molar refractivity (Wildman–Crippen MR) is 147 cm³/mol. The molecule has 2 amide bonds. The third kappa shape index (κ3) is 3.89. The molecule has 0 fully saturated rings. The van der Waals surface area contributed by atoms with Crippen molar-refractivity contribution >= 4 is 57.2 Å². The number of phenols is 1. The summed E-state index contributed by atoms with van der Waals surface area (Å²) in [5.41, 5.74) is 11.3. The number of nitrogens with zero attached hydrogens (tertiary/aromatic N) is 2. The minimum Gasteiger partial charge on any atom is -0.508 e. The van der Waals surface area contributed by atoms with Crippen molar-refractivity contribution in [2.75, 3.05) is 0 Å². The molecular weight excluding hydrogens is 488 g/mol. The van der Waals surface area contributed by atoms with Crippen molar-refractivity contribution in [1.82, 2.24) is 14.5 Å². The average molecular weight is 513 g/mol. The molecule has 1 aliphatic heterocycles. The summed E-state index contributed by atoms with van der Waals surface area (Å²) in [7, 11) is 1.93. The van der Waals surface area contributed by atoms with Crippen LogP contribution in [0.4, 0.5) is 0 Å². The number of imide groups is 1. The lowest BCUT2D eigenvalue weighted by Gasteiger charge is -2.08. The van der Waals surface area contributed by atoms with E-state index in [0.29, 0.717) is 28.8 Å². The number of hydrogen-bond donors (Lipinski definition) is 3. The van der Waals surface area contributed by atoms with E-state index >= 15 is 0 Å². The summed E-state index contributed by atoms with van der Waals surface area (Å²) in [6, 6.07) is 21.1. The Kier molecular flexibility index (Phi) is 6.11. The maximum absolute atomic E-state index is 13.2. The molecule has 0 aliphatic carbocycles. The molecule has 0 saturated carbocycles. The first kappa shape index (κ1) is 24.4. The van der Waals surface area contributed by atoms with Gasteiger partial charge >= 0.3 is 0 Å². The van der Waals surface area contributed by atoms with E-state index in [2.05, 4.69) is 5.32 Å². The third-order valence-electron chi connectivity index (χ3n) is 6.88. The molecule has 0 radical (unpaired) electrons. The highest BCUT2D eigenvalue weighted by atomic mass is 35.5. The van der Waals surface area contributed by atoms with Gasteiger partial charge in [-0.3, -0.25) is 14.9 Å². The van der Waals surface area contributed by atoms with Gasteiger partial charge in [0.25, 0.3) is 11.8 Å².